The molecule has 1 aliphatic rings. The molecule has 0 radical (unpaired) electrons. The first kappa shape index (κ1) is 42.1. The van der Waals surface area contributed by atoms with Crippen LogP contribution in [0.4, 0.5) is 13.2 Å². The number of esters is 2. The molecule has 11 heteroatoms. The molecule has 0 amide bonds. The molecule has 1 aliphatic carbocycles. The van der Waals surface area contributed by atoms with Crippen molar-refractivity contribution in [3.05, 3.63) is 96.1 Å². The average molecular weight is 753 g/mol. The quantitative estimate of drug-likeness (QED) is 0.0669. The zero-order valence-corrected chi connectivity index (χ0v) is 30.9. The predicted molar refractivity (Wildman–Crippen MR) is 201 cm³/mol. The molecule has 0 heterocycles. The van der Waals surface area contributed by atoms with E-state index in [4.69, 9.17) is 29.2 Å². The lowest BCUT2D eigenvalue weighted by Crippen LogP contribution is -2.15. The molecule has 0 bridgehead atoms. The van der Waals surface area contributed by atoms with Crippen LogP contribution in [0.25, 0.3) is 22.3 Å². The number of ether oxygens (including phenoxy) is 4. The minimum atomic E-state index is -4.06. The van der Waals surface area contributed by atoms with E-state index in [1.807, 2.05) is 12.1 Å². The van der Waals surface area contributed by atoms with Crippen molar-refractivity contribution >= 4 is 11.9 Å². The molecular weight excluding hydrogens is 701 g/mol. The number of aryl methyl sites for hydroxylation is 1. The molecule has 0 atom stereocenters. The number of aliphatic hydroxyl groups excluding tert-OH is 2. The maximum atomic E-state index is 12.5. The van der Waals surface area contributed by atoms with Gasteiger partial charge in [-0.25, -0.2) is 9.59 Å². The third-order valence-electron chi connectivity index (χ3n) is 9.69. The fourth-order valence-corrected chi connectivity index (χ4v) is 6.65. The second-order valence-corrected chi connectivity index (χ2v) is 13.6. The summed E-state index contributed by atoms with van der Waals surface area (Å²) in [7, 11) is 0. The minimum Gasteiger partial charge on any atom is -0.490 e. The largest absolute Gasteiger partial charge is 0.490 e. The Labute approximate surface area is 315 Å². The lowest BCUT2D eigenvalue weighted by molar-refractivity contribution is -0.141. The molecule has 3 aromatic carbocycles. The summed E-state index contributed by atoms with van der Waals surface area (Å²) in [4.78, 5) is 23.7. The van der Waals surface area contributed by atoms with Crippen molar-refractivity contribution in [3.8, 4) is 33.8 Å². The van der Waals surface area contributed by atoms with E-state index in [2.05, 4.69) is 62.5 Å². The highest BCUT2D eigenvalue weighted by atomic mass is 19.4. The molecule has 54 heavy (non-hydrogen) atoms. The fraction of sp³-hybridized carbons (Fsp3) is 0.442. The number of carbonyl (C=O) groups is 2. The van der Waals surface area contributed by atoms with Crippen LogP contribution in [0.3, 0.4) is 0 Å². The van der Waals surface area contributed by atoms with Gasteiger partial charge in [-0.05, 0) is 95.9 Å². The number of carbonyl (C=O) groups excluding carboxylic acids is 2. The maximum Gasteiger partial charge on any atom is 0.389 e. The Morgan fingerprint density at radius 1 is 0.722 bits per heavy atom. The van der Waals surface area contributed by atoms with Gasteiger partial charge in [0.05, 0.1) is 24.4 Å². The van der Waals surface area contributed by atoms with Crippen molar-refractivity contribution in [2.45, 2.75) is 76.8 Å². The van der Waals surface area contributed by atoms with Crippen molar-refractivity contribution in [1.29, 1.82) is 0 Å². The molecule has 3 aromatic rings. The summed E-state index contributed by atoms with van der Waals surface area (Å²) in [5.74, 6) is 0.482. The zero-order valence-electron chi connectivity index (χ0n) is 30.9. The normalized spacial score (nSPS) is 15.7. The zero-order chi connectivity index (χ0) is 39.1. The van der Waals surface area contributed by atoms with Gasteiger partial charge in [0.1, 0.15) is 37.9 Å². The Hall–Kier alpha value is -4.61. The van der Waals surface area contributed by atoms with Gasteiger partial charge >= 0.3 is 18.1 Å². The fourth-order valence-electron chi connectivity index (χ4n) is 6.65. The molecule has 0 aliphatic heterocycles. The SMILES string of the molecule is C=C(CO)C(=O)OCCOc1cc(OCCOC(=O)C(=C)CO)cc(-c2ccc(-c3ccc(C4CCC(CCCCC(F)(F)F)CC4)cc3)cc2CC)c1. The maximum absolute atomic E-state index is 12.5. The van der Waals surface area contributed by atoms with Gasteiger partial charge in [-0.1, -0.05) is 75.4 Å². The van der Waals surface area contributed by atoms with Gasteiger partial charge < -0.3 is 29.2 Å². The smallest absolute Gasteiger partial charge is 0.389 e. The highest BCUT2D eigenvalue weighted by Crippen LogP contribution is 2.39. The van der Waals surface area contributed by atoms with Gasteiger partial charge in [-0.2, -0.15) is 13.2 Å². The molecule has 0 aromatic heterocycles. The molecule has 8 nitrogen and oxygen atoms in total. The van der Waals surface area contributed by atoms with Crippen LogP contribution in [0.15, 0.2) is 85.0 Å². The summed E-state index contributed by atoms with van der Waals surface area (Å²) >= 11 is 0. The summed E-state index contributed by atoms with van der Waals surface area (Å²) in [5, 5.41) is 18.2. The van der Waals surface area contributed by atoms with Gasteiger partial charge in [-0.15, -0.1) is 0 Å². The molecule has 0 saturated heterocycles. The van der Waals surface area contributed by atoms with E-state index < -0.39 is 37.7 Å². The van der Waals surface area contributed by atoms with Gasteiger partial charge in [0, 0.05) is 12.5 Å². The highest BCUT2D eigenvalue weighted by molar-refractivity contribution is 5.88. The number of halogens is 3. The molecule has 0 spiro atoms. The third-order valence-corrected chi connectivity index (χ3v) is 9.69. The van der Waals surface area contributed by atoms with Crippen LogP contribution in [0.2, 0.25) is 0 Å². The lowest BCUT2D eigenvalue weighted by Gasteiger charge is -2.29. The van der Waals surface area contributed by atoms with E-state index in [-0.39, 0.29) is 44.0 Å². The molecule has 292 valence electrons. The first-order valence-corrected chi connectivity index (χ1v) is 18.5. The van der Waals surface area contributed by atoms with Crippen LogP contribution < -0.4 is 9.47 Å². The second-order valence-electron chi connectivity index (χ2n) is 13.6. The van der Waals surface area contributed by atoms with Gasteiger partial charge in [0.25, 0.3) is 0 Å². The number of rotatable bonds is 20. The Bertz CT molecular complexity index is 1650. The van der Waals surface area contributed by atoms with E-state index in [9.17, 15) is 22.8 Å². The van der Waals surface area contributed by atoms with E-state index in [1.165, 1.54) is 5.56 Å². The number of benzene rings is 3. The van der Waals surface area contributed by atoms with Gasteiger partial charge in [0.2, 0.25) is 0 Å². The first-order chi connectivity index (χ1) is 25.9. The summed E-state index contributed by atoms with van der Waals surface area (Å²) in [6.07, 6.45) is 1.96. The second kappa shape index (κ2) is 20.7. The van der Waals surface area contributed by atoms with Gasteiger partial charge in [-0.3, -0.25) is 0 Å². The minimum absolute atomic E-state index is 0.0383. The monoisotopic (exact) mass is 752 g/mol. The van der Waals surface area contributed by atoms with Crippen LogP contribution in [0.5, 0.6) is 11.5 Å². The topological polar surface area (TPSA) is 112 Å². The Morgan fingerprint density at radius 2 is 1.28 bits per heavy atom. The third kappa shape index (κ3) is 13.1. The molecule has 0 unspecified atom stereocenters. The summed E-state index contributed by atoms with van der Waals surface area (Å²) in [5.41, 5.74) is 6.26. The van der Waals surface area contributed by atoms with E-state index in [0.717, 1.165) is 66.3 Å². The van der Waals surface area contributed by atoms with Crippen molar-refractivity contribution in [2.75, 3.05) is 39.6 Å². The van der Waals surface area contributed by atoms with Crippen molar-refractivity contribution < 1.29 is 51.9 Å². The standard InChI is InChI=1S/C43H51F3O8/c1-4-32-23-36(35-14-12-34(13-15-35)33-10-8-31(9-11-33)7-5-6-18-43(44,45)46)16-17-40(32)37-24-38(51-19-21-53-41(49)29(2)27-47)26-39(25-37)52-20-22-54-42(50)30(3)28-48/h12-17,23-26,31,33,47-48H,2-11,18-22,27-28H2,1H3. The number of hydrogen-bond acceptors (Lipinski definition) is 8. The van der Waals surface area contributed by atoms with Crippen molar-refractivity contribution in [3.63, 3.8) is 0 Å². The van der Waals surface area contributed by atoms with Crippen LogP contribution >= 0.6 is 0 Å². The number of alkyl halides is 3. The van der Waals surface area contributed by atoms with Crippen LogP contribution in [0.1, 0.15) is 75.3 Å². The lowest BCUT2D eigenvalue weighted by atomic mass is 9.77. The Balaban J connectivity index is 1.43. The van der Waals surface area contributed by atoms with Crippen LogP contribution in [0, 0.1) is 5.92 Å². The number of aliphatic hydroxyl groups is 2. The Morgan fingerprint density at radius 3 is 1.80 bits per heavy atom. The molecule has 4 rings (SSSR count). The van der Waals surface area contributed by atoms with Crippen molar-refractivity contribution in [2.24, 2.45) is 5.92 Å². The van der Waals surface area contributed by atoms with Crippen LogP contribution in [-0.2, 0) is 25.5 Å². The van der Waals surface area contributed by atoms with E-state index in [0.29, 0.717) is 29.8 Å². The number of hydrogen-bond donors (Lipinski definition) is 2. The summed E-state index contributed by atoms with van der Waals surface area (Å²) in [6.45, 7) is 7.94. The number of unbranched alkanes of at least 4 members (excludes halogenated alkanes) is 1. The van der Waals surface area contributed by atoms with Crippen LogP contribution in [-0.4, -0.2) is 68.0 Å². The van der Waals surface area contributed by atoms with E-state index >= 15 is 0 Å². The predicted octanol–water partition coefficient (Wildman–Crippen LogP) is 8.92. The molecular formula is C43H51F3O8. The molecule has 1 saturated carbocycles. The summed E-state index contributed by atoms with van der Waals surface area (Å²) in [6, 6.07) is 20.4. The first-order valence-electron chi connectivity index (χ1n) is 18.5. The van der Waals surface area contributed by atoms with Gasteiger partial charge in [0.15, 0.2) is 0 Å². The molecule has 1 fully saturated rings. The average Bonchev–Trinajstić information content (AvgIpc) is 3.18. The molecule has 2 N–H and O–H groups in total. The van der Waals surface area contributed by atoms with Crippen molar-refractivity contribution in [1.82, 2.24) is 0 Å². The Kier molecular flexibility index (Phi) is 16.2. The van der Waals surface area contributed by atoms with E-state index in [1.54, 1.807) is 6.07 Å². The summed E-state index contributed by atoms with van der Waals surface area (Å²) < 4.78 is 59.5. The highest BCUT2D eigenvalue weighted by Gasteiger charge is 2.27.